The van der Waals surface area contributed by atoms with Crippen molar-refractivity contribution in [2.24, 2.45) is 44.6 Å². The highest BCUT2D eigenvalue weighted by molar-refractivity contribution is 5.77. The number of nitrogens with zero attached hydrogens (tertiary/aromatic N) is 5. The Balaban J connectivity index is 0.000000236. The predicted molar refractivity (Wildman–Crippen MR) is 392 cm³/mol. The second-order valence-corrected chi connectivity index (χ2v) is 30.1. The summed E-state index contributed by atoms with van der Waals surface area (Å²) in [7, 11) is 5.73. The third kappa shape index (κ3) is 30.7. The van der Waals surface area contributed by atoms with Crippen LogP contribution in [0.25, 0.3) is 0 Å². The molecule has 10 N–H and O–H groups in total. The van der Waals surface area contributed by atoms with Crippen LogP contribution in [0, 0.1) is 21.7 Å². The van der Waals surface area contributed by atoms with Crippen LogP contribution in [0.1, 0.15) is 147 Å². The van der Waals surface area contributed by atoms with E-state index in [1.54, 1.807) is 0 Å². The van der Waals surface area contributed by atoms with Crippen molar-refractivity contribution in [3.8, 4) is 0 Å². The average Bonchev–Trinajstić information content (AvgIpc) is 0.850. The summed E-state index contributed by atoms with van der Waals surface area (Å²) in [6, 6.07) is 42.2. The second-order valence-electron chi connectivity index (χ2n) is 30.1. The smallest absolute Gasteiger partial charge is 0.407 e. The lowest BCUT2D eigenvalue weighted by Gasteiger charge is -2.41. The maximum atomic E-state index is 12.5. The van der Waals surface area contributed by atoms with Crippen LogP contribution in [0.5, 0.6) is 0 Å². The molecule has 4 aliphatic heterocycles. The van der Waals surface area contributed by atoms with E-state index in [4.69, 9.17) is 37.1 Å². The van der Waals surface area contributed by atoms with Gasteiger partial charge < -0.3 is 67.4 Å². The number of amides is 4. The van der Waals surface area contributed by atoms with E-state index < -0.39 is 23.4 Å². The van der Waals surface area contributed by atoms with Crippen molar-refractivity contribution < 1.29 is 38.2 Å². The van der Waals surface area contributed by atoms with Crippen molar-refractivity contribution in [3.05, 3.63) is 144 Å². The summed E-state index contributed by atoms with van der Waals surface area (Å²) < 4.78 is 15.1. The zero-order valence-electron chi connectivity index (χ0n) is 60.9. The molecule has 540 valence electrons. The van der Waals surface area contributed by atoms with Crippen LogP contribution in [-0.2, 0) is 54.3 Å². The van der Waals surface area contributed by atoms with Crippen molar-refractivity contribution in [1.82, 2.24) is 35.1 Å². The topological polar surface area (TPSA) is 257 Å². The number of piperidine rings is 4. The van der Waals surface area contributed by atoms with Gasteiger partial charge in [-0.15, -0.1) is 0 Å². The maximum absolute atomic E-state index is 12.5. The summed E-state index contributed by atoms with van der Waals surface area (Å²) in [5.41, 5.74) is 29.4. The number of nitrogens with two attached hydrogens (primary N) is 4. The molecule has 19 nitrogen and oxygen atoms in total. The monoisotopic (exact) mass is 1340 g/mol. The Bertz CT molecular complexity index is 2860. The number of alkyl carbamates (subject to hydrolysis) is 2. The summed E-state index contributed by atoms with van der Waals surface area (Å²) in [6.07, 6.45) is 15.0. The number of ether oxygens (including phenoxy) is 3. The van der Waals surface area contributed by atoms with Crippen molar-refractivity contribution in [3.63, 3.8) is 0 Å². The second kappa shape index (κ2) is 41.2. The first-order valence-electron chi connectivity index (χ1n) is 35.9. The van der Waals surface area contributed by atoms with Crippen LogP contribution in [0.2, 0.25) is 0 Å². The molecule has 4 aliphatic rings. The number of unbranched alkanes of at least 4 members (excludes halogenated alkanes) is 1. The molecular formula is C78H125N11O8. The number of carbonyl (C=O) groups is 5. The molecule has 4 saturated heterocycles. The molecular weight excluding hydrogens is 1220 g/mol. The molecule has 97 heavy (non-hydrogen) atoms. The molecule has 0 saturated carbocycles. The lowest BCUT2D eigenvalue weighted by molar-refractivity contribution is -0.142. The van der Waals surface area contributed by atoms with Gasteiger partial charge in [0.25, 0.3) is 0 Å². The standard InChI is InChI=1S/C23H37N3O3.C21H33N3O3.C18H31N3.C16H24N2O2/c1-22(2,3)29-21(28)25-14-8-7-11-20(27)26-15-12-23(18-24,13-16-26)17-19-9-5-4-6-10-19;1-20(2,3)27-19(26)23-12-9-18(25)24-13-10-21(16-22,11-14-24)15-17-7-5-4-6-8-17;1-20(2)11-6-12-21-13-9-18(16-19,10-14-21)15-17-7-4-3-5-8-17;1-20-15(19)12-18-9-7-16(13-17,8-10-18)11-14-5-3-2-4-6-14/h4-6,9-10H,7-8,11-18,24H2,1-3H3,(H,25,28);4-8H,9-16,22H2,1-3H3,(H,23,26);3-5,7-8H,6,9-16,19H2,1-2H3;2-6H,7-13,17H2,1H3. The SMILES string of the molecule is CC(C)(C)OC(=O)NCCC(=O)N1CCC(CN)(Cc2ccccc2)CC1.CC(C)(C)OC(=O)NCCCCC(=O)N1CCC(CN)(Cc2ccccc2)CC1.CN(C)CCCN1CCC(CN)(Cc2ccccc2)CC1.COC(=O)CN1CCC(CN)(Cc2ccccc2)CC1. The van der Waals surface area contributed by atoms with Gasteiger partial charge >= 0.3 is 18.2 Å². The molecule has 0 spiro atoms. The zero-order chi connectivity index (χ0) is 70.8. The highest BCUT2D eigenvalue weighted by Gasteiger charge is 2.38. The van der Waals surface area contributed by atoms with Crippen LogP contribution >= 0.6 is 0 Å². The van der Waals surface area contributed by atoms with Crippen molar-refractivity contribution in [2.75, 3.05) is 132 Å². The van der Waals surface area contributed by atoms with E-state index in [2.05, 4.69) is 143 Å². The van der Waals surface area contributed by atoms with Gasteiger partial charge in [0.15, 0.2) is 0 Å². The van der Waals surface area contributed by atoms with Gasteiger partial charge in [0.2, 0.25) is 11.8 Å². The Labute approximate surface area is 583 Å². The molecule has 0 atom stereocenters. The number of hydrogen-bond acceptors (Lipinski definition) is 15. The fourth-order valence-corrected chi connectivity index (χ4v) is 13.5. The molecule has 4 aromatic carbocycles. The van der Waals surface area contributed by atoms with E-state index in [-0.39, 0.29) is 47.0 Å². The van der Waals surface area contributed by atoms with Crippen LogP contribution in [0.3, 0.4) is 0 Å². The maximum Gasteiger partial charge on any atom is 0.407 e. The van der Waals surface area contributed by atoms with E-state index in [9.17, 15) is 24.0 Å². The van der Waals surface area contributed by atoms with Crippen molar-refractivity contribution in [2.45, 2.75) is 162 Å². The minimum absolute atomic E-state index is 0.0624. The van der Waals surface area contributed by atoms with Gasteiger partial charge in [0, 0.05) is 52.1 Å². The Kier molecular flexibility index (Phi) is 34.5. The first kappa shape index (κ1) is 81.2. The third-order valence-corrected chi connectivity index (χ3v) is 19.8. The third-order valence-electron chi connectivity index (χ3n) is 19.8. The molecule has 0 bridgehead atoms. The van der Waals surface area contributed by atoms with E-state index in [1.807, 2.05) is 69.5 Å². The number of likely N-dealkylation sites (tertiary alicyclic amines) is 4. The highest BCUT2D eigenvalue weighted by Crippen LogP contribution is 2.38. The van der Waals surface area contributed by atoms with E-state index in [1.165, 1.54) is 74.8 Å². The first-order valence-corrected chi connectivity index (χ1v) is 35.9. The van der Waals surface area contributed by atoms with Crippen LogP contribution in [0.15, 0.2) is 121 Å². The molecule has 0 radical (unpaired) electrons. The summed E-state index contributed by atoms with van der Waals surface area (Å²) in [6.45, 7) is 24.6. The van der Waals surface area contributed by atoms with Crippen LogP contribution in [0.4, 0.5) is 9.59 Å². The average molecular weight is 1340 g/mol. The van der Waals surface area contributed by atoms with Crippen LogP contribution in [-0.4, -0.2) is 198 Å². The van der Waals surface area contributed by atoms with Crippen molar-refractivity contribution >= 4 is 30.0 Å². The quantitative estimate of drug-likeness (QED) is 0.0194. The number of esters is 1. The summed E-state index contributed by atoms with van der Waals surface area (Å²) in [5, 5.41) is 5.37. The molecule has 4 fully saturated rings. The Morgan fingerprint density at radius 2 is 0.763 bits per heavy atom. The number of nitrogens with one attached hydrogen (secondary N) is 2. The largest absolute Gasteiger partial charge is 0.468 e. The van der Waals surface area contributed by atoms with E-state index in [0.717, 1.165) is 123 Å². The zero-order valence-corrected chi connectivity index (χ0v) is 60.9. The van der Waals surface area contributed by atoms with Gasteiger partial charge in [-0.1, -0.05) is 121 Å². The number of hydrogen-bond donors (Lipinski definition) is 6. The normalized spacial score (nSPS) is 17.5. The molecule has 19 heteroatoms. The van der Waals surface area contributed by atoms with E-state index >= 15 is 0 Å². The minimum Gasteiger partial charge on any atom is -0.468 e. The van der Waals surface area contributed by atoms with Gasteiger partial charge in [-0.25, -0.2) is 9.59 Å². The number of rotatable bonds is 26. The molecule has 4 heterocycles. The number of carbonyl (C=O) groups excluding carboxylic acids is 5. The molecule has 4 aromatic rings. The lowest BCUT2D eigenvalue weighted by Crippen LogP contribution is -2.47. The van der Waals surface area contributed by atoms with Crippen molar-refractivity contribution in [1.29, 1.82) is 0 Å². The molecule has 0 aliphatic carbocycles. The number of methoxy groups -OCH3 is 1. The summed E-state index contributed by atoms with van der Waals surface area (Å²) >= 11 is 0. The summed E-state index contributed by atoms with van der Waals surface area (Å²) in [5.74, 6) is 0.109. The first-order chi connectivity index (χ1) is 46.3. The summed E-state index contributed by atoms with van der Waals surface area (Å²) in [4.78, 5) is 70.4. The molecule has 8 rings (SSSR count). The van der Waals surface area contributed by atoms with Gasteiger partial charge in [0.1, 0.15) is 11.2 Å². The Morgan fingerprint density at radius 3 is 1.08 bits per heavy atom. The van der Waals surface area contributed by atoms with Gasteiger partial charge in [0.05, 0.1) is 13.7 Å². The van der Waals surface area contributed by atoms with E-state index in [0.29, 0.717) is 44.6 Å². The van der Waals surface area contributed by atoms with Gasteiger partial charge in [-0.3, -0.25) is 19.3 Å². The molecule has 4 amide bonds. The molecule has 0 aromatic heterocycles. The Hall–Kier alpha value is -6.45. The van der Waals surface area contributed by atoms with Crippen LogP contribution < -0.4 is 33.6 Å². The minimum atomic E-state index is -0.536. The Morgan fingerprint density at radius 1 is 0.443 bits per heavy atom. The lowest BCUT2D eigenvalue weighted by atomic mass is 9.74. The predicted octanol–water partition coefficient (Wildman–Crippen LogP) is 9.87. The van der Waals surface area contributed by atoms with Gasteiger partial charge in [-0.05, 0) is 261 Å². The number of benzene rings is 4. The fraction of sp³-hybridized carbons (Fsp3) is 0.628. The fourth-order valence-electron chi connectivity index (χ4n) is 13.5. The van der Waals surface area contributed by atoms with Gasteiger partial charge in [-0.2, -0.15) is 0 Å². The molecule has 0 unspecified atom stereocenters. The highest BCUT2D eigenvalue weighted by atomic mass is 16.6.